The molecule has 0 saturated heterocycles. The first kappa shape index (κ1) is 17.5. The van der Waals surface area contributed by atoms with Crippen molar-refractivity contribution < 1.29 is 9.18 Å². The van der Waals surface area contributed by atoms with Crippen molar-refractivity contribution >= 4 is 23.0 Å². The molecule has 1 heterocycles. The van der Waals surface area contributed by atoms with E-state index in [0.717, 1.165) is 17.6 Å². The van der Waals surface area contributed by atoms with E-state index in [9.17, 15) is 9.18 Å². The number of hydrogen-bond acceptors (Lipinski definition) is 1. The number of carbonyl (C=O) groups excluding carboxylic acids is 1. The van der Waals surface area contributed by atoms with E-state index < -0.39 is 0 Å². The fourth-order valence-corrected chi connectivity index (χ4v) is 2.85. The third kappa shape index (κ3) is 4.11. The summed E-state index contributed by atoms with van der Waals surface area (Å²) in [5.41, 5.74) is 2.78. The quantitative estimate of drug-likeness (QED) is 0.631. The van der Waals surface area contributed by atoms with E-state index in [-0.39, 0.29) is 18.1 Å². The third-order valence-electron chi connectivity index (χ3n) is 3.70. The lowest BCUT2D eigenvalue weighted by molar-refractivity contribution is 0.101. The molecule has 0 bridgehead atoms. The van der Waals surface area contributed by atoms with Crippen molar-refractivity contribution in [3.63, 3.8) is 0 Å². The van der Waals surface area contributed by atoms with Crippen molar-refractivity contribution in [2.45, 2.75) is 33.7 Å². The minimum Gasteiger partial charge on any atom is -0.348 e. The van der Waals surface area contributed by atoms with Crippen LogP contribution >= 0.6 is 11.6 Å². The monoisotopic (exact) mass is 333 g/mol. The molecule has 0 spiro atoms. The summed E-state index contributed by atoms with van der Waals surface area (Å²) in [7, 11) is 0. The van der Waals surface area contributed by atoms with Crippen LogP contribution in [0.2, 0.25) is 5.02 Å². The topological polar surface area (TPSA) is 22.0 Å². The maximum Gasteiger partial charge on any atom is 0.161 e. The van der Waals surface area contributed by atoms with Crippen molar-refractivity contribution in [2.75, 3.05) is 0 Å². The zero-order chi connectivity index (χ0) is 17.1. The van der Waals surface area contributed by atoms with Gasteiger partial charge in [0.2, 0.25) is 0 Å². The summed E-state index contributed by atoms with van der Waals surface area (Å²) in [5, 5.41) is 0.380. The molecule has 23 heavy (non-hydrogen) atoms. The lowest BCUT2D eigenvalue weighted by Crippen LogP contribution is -2.00. The van der Waals surface area contributed by atoms with Gasteiger partial charge in [0.1, 0.15) is 5.82 Å². The van der Waals surface area contributed by atoms with Crippen LogP contribution in [0.15, 0.2) is 37.2 Å². The molecule has 1 aromatic heterocycles. The van der Waals surface area contributed by atoms with Crippen molar-refractivity contribution in [3.05, 3.63) is 64.7 Å². The standard InChI is InChI=1S/C19H21ClFNO/c1-12(2)8-13(3)15-9-22(10-16(15)14(4)23)11-17-18(20)6-5-7-19(17)21/h5-7,9-10,12H,3,8,11H2,1-2,4H3. The average Bonchev–Trinajstić information content (AvgIpc) is 2.86. The molecule has 0 radical (unpaired) electrons. The summed E-state index contributed by atoms with van der Waals surface area (Å²) >= 11 is 6.08. The zero-order valence-electron chi connectivity index (χ0n) is 13.7. The number of aromatic nitrogens is 1. The summed E-state index contributed by atoms with van der Waals surface area (Å²) in [4.78, 5) is 11.9. The van der Waals surface area contributed by atoms with Crippen molar-refractivity contribution in [1.29, 1.82) is 0 Å². The van der Waals surface area contributed by atoms with Crippen LogP contribution in [0.4, 0.5) is 4.39 Å². The van der Waals surface area contributed by atoms with Crippen LogP contribution in [-0.2, 0) is 6.54 Å². The second-order valence-electron chi connectivity index (χ2n) is 6.22. The minimum absolute atomic E-state index is 0.0247. The summed E-state index contributed by atoms with van der Waals surface area (Å²) in [5.74, 6) is 0.0769. The molecule has 122 valence electrons. The molecule has 0 saturated carbocycles. The number of halogens is 2. The molecule has 0 unspecified atom stereocenters. The molecular formula is C19H21ClFNO. The van der Waals surface area contributed by atoms with Gasteiger partial charge in [0.15, 0.2) is 5.78 Å². The summed E-state index contributed by atoms with van der Waals surface area (Å²) in [6, 6.07) is 4.62. The molecule has 0 fully saturated rings. The van der Waals surface area contributed by atoms with Crippen LogP contribution < -0.4 is 0 Å². The van der Waals surface area contributed by atoms with Gasteiger partial charge in [-0.15, -0.1) is 0 Å². The zero-order valence-corrected chi connectivity index (χ0v) is 14.5. The molecule has 2 nitrogen and oxygen atoms in total. The van der Waals surface area contributed by atoms with E-state index in [0.29, 0.717) is 22.1 Å². The normalized spacial score (nSPS) is 11.0. The summed E-state index contributed by atoms with van der Waals surface area (Å²) in [6.45, 7) is 10.1. The van der Waals surface area contributed by atoms with Crippen LogP contribution in [0, 0.1) is 11.7 Å². The van der Waals surface area contributed by atoms with E-state index in [4.69, 9.17) is 11.6 Å². The first-order valence-corrected chi connectivity index (χ1v) is 7.99. The van der Waals surface area contributed by atoms with E-state index in [1.54, 1.807) is 22.9 Å². The fourth-order valence-electron chi connectivity index (χ4n) is 2.63. The fraction of sp³-hybridized carbons (Fsp3) is 0.316. The summed E-state index contributed by atoms with van der Waals surface area (Å²) < 4.78 is 15.7. The molecular weight excluding hydrogens is 313 g/mol. The molecule has 0 aliphatic rings. The van der Waals surface area contributed by atoms with Gasteiger partial charge in [-0.1, -0.05) is 38.1 Å². The number of rotatable bonds is 6. The molecule has 0 atom stereocenters. The predicted octanol–water partition coefficient (Wildman–Crippen LogP) is 5.59. The van der Waals surface area contributed by atoms with Crippen molar-refractivity contribution in [2.24, 2.45) is 5.92 Å². The number of nitrogens with zero attached hydrogens (tertiary/aromatic N) is 1. The largest absolute Gasteiger partial charge is 0.348 e. The molecule has 0 N–H and O–H groups in total. The van der Waals surface area contributed by atoms with Crippen molar-refractivity contribution in [3.8, 4) is 0 Å². The number of hydrogen-bond donors (Lipinski definition) is 0. The van der Waals surface area contributed by atoms with Gasteiger partial charge in [-0.25, -0.2) is 4.39 Å². The Morgan fingerprint density at radius 1 is 1.30 bits per heavy atom. The Balaban J connectivity index is 2.38. The number of allylic oxidation sites excluding steroid dienone is 1. The molecule has 0 amide bonds. The lowest BCUT2D eigenvalue weighted by atomic mass is 9.96. The van der Waals surface area contributed by atoms with Gasteiger partial charge in [0.05, 0.1) is 6.54 Å². The van der Waals surface area contributed by atoms with Crippen molar-refractivity contribution in [1.82, 2.24) is 4.57 Å². The van der Waals surface area contributed by atoms with Gasteiger partial charge in [0.25, 0.3) is 0 Å². The lowest BCUT2D eigenvalue weighted by Gasteiger charge is -2.08. The van der Waals surface area contributed by atoms with E-state index in [2.05, 4.69) is 20.4 Å². The highest BCUT2D eigenvalue weighted by Gasteiger charge is 2.16. The number of carbonyl (C=O) groups is 1. The molecule has 4 heteroatoms. The molecule has 0 aliphatic carbocycles. The Kier molecular flexibility index (Phi) is 5.42. The van der Waals surface area contributed by atoms with E-state index in [1.807, 2.05) is 6.20 Å². The van der Waals surface area contributed by atoms with Gasteiger partial charge in [-0.3, -0.25) is 4.79 Å². The van der Waals surface area contributed by atoms with Crippen LogP contribution in [0.25, 0.3) is 5.57 Å². The highest BCUT2D eigenvalue weighted by Crippen LogP contribution is 2.27. The van der Waals surface area contributed by atoms with Gasteiger partial charge < -0.3 is 4.57 Å². The first-order valence-electron chi connectivity index (χ1n) is 7.61. The smallest absolute Gasteiger partial charge is 0.161 e. The second kappa shape index (κ2) is 7.14. The average molecular weight is 334 g/mol. The Morgan fingerprint density at radius 3 is 2.52 bits per heavy atom. The van der Waals surface area contributed by atoms with Crippen LogP contribution in [0.3, 0.4) is 0 Å². The second-order valence-corrected chi connectivity index (χ2v) is 6.62. The molecule has 1 aromatic carbocycles. The van der Waals surface area contributed by atoms with Crippen LogP contribution in [0.5, 0.6) is 0 Å². The number of ketones is 1. The Labute approximate surface area is 141 Å². The SMILES string of the molecule is C=C(CC(C)C)c1cn(Cc2c(F)cccc2Cl)cc1C(C)=O. The Hall–Kier alpha value is -1.87. The third-order valence-corrected chi connectivity index (χ3v) is 4.05. The Morgan fingerprint density at radius 2 is 1.96 bits per heavy atom. The first-order chi connectivity index (χ1) is 10.8. The van der Waals surface area contributed by atoms with E-state index >= 15 is 0 Å². The maximum atomic E-state index is 14.0. The number of benzene rings is 1. The minimum atomic E-state index is -0.349. The molecule has 0 aliphatic heterocycles. The van der Waals surface area contributed by atoms with E-state index in [1.165, 1.54) is 13.0 Å². The van der Waals surface area contributed by atoms with Crippen LogP contribution in [0.1, 0.15) is 48.7 Å². The molecule has 2 aromatic rings. The van der Waals surface area contributed by atoms with Gasteiger partial charge in [-0.2, -0.15) is 0 Å². The maximum absolute atomic E-state index is 14.0. The van der Waals surface area contributed by atoms with Gasteiger partial charge in [-0.05, 0) is 37.0 Å². The summed E-state index contributed by atoms with van der Waals surface area (Å²) in [6.07, 6.45) is 4.40. The highest BCUT2D eigenvalue weighted by molar-refractivity contribution is 6.31. The predicted molar refractivity (Wildman–Crippen MR) is 93.4 cm³/mol. The highest BCUT2D eigenvalue weighted by atomic mass is 35.5. The molecule has 2 rings (SSSR count). The van der Waals surface area contributed by atoms with Gasteiger partial charge >= 0.3 is 0 Å². The Bertz CT molecular complexity index is 726. The van der Waals surface area contributed by atoms with Gasteiger partial charge in [0, 0.05) is 34.1 Å². The van der Waals surface area contributed by atoms with Crippen LogP contribution in [-0.4, -0.2) is 10.4 Å². The number of Topliss-reactive ketones (excluding diaryl/α,β-unsaturated/α-hetero) is 1.